The molecule has 200 valence electrons. The third kappa shape index (κ3) is 5.54. The summed E-state index contributed by atoms with van der Waals surface area (Å²) in [6.07, 6.45) is -1.78. The number of rotatable bonds is 5. The number of alkyl halides is 3. The summed E-state index contributed by atoms with van der Waals surface area (Å²) < 4.78 is 45.8. The maximum atomic E-state index is 13.5. The summed E-state index contributed by atoms with van der Waals surface area (Å²) in [6, 6.07) is 7.20. The highest BCUT2D eigenvalue weighted by atomic mass is 79.9. The zero-order valence-corrected chi connectivity index (χ0v) is 22.5. The van der Waals surface area contributed by atoms with Crippen LogP contribution in [-0.2, 0) is 9.53 Å². The Morgan fingerprint density at radius 1 is 1.11 bits per heavy atom. The van der Waals surface area contributed by atoms with E-state index < -0.39 is 42.2 Å². The van der Waals surface area contributed by atoms with Gasteiger partial charge in [-0.15, -0.1) is 0 Å². The first kappa shape index (κ1) is 27.2. The van der Waals surface area contributed by atoms with E-state index >= 15 is 0 Å². The molecule has 0 atom stereocenters. The fourth-order valence-electron chi connectivity index (χ4n) is 5.87. The van der Waals surface area contributed by atoms with Crippen LogP contribution in [0.4, 0.5) is 23.7 Å². The SMILES string of the molecule is CC(C)(C)OC(=O)NC12CCC(CN(c3cccc(Br)c3)C(=O)[C@H]3C[C@](O)(C(F)(F)F)C3)(CC1)CC2. The summed E-state index contributed by atoms with van der Waals surface area (Å²) in [5.74, 6) is -1.27. The highest BCUT2D eigenvalue weighted by Crippen LogP contribution is 2.54. The van der Waals surface area contributed by atoms with Crippen LogP contribution in [0.5, 0.6) is 0 Å². The van der Waals surface area contributed by atoms with Crippen LogP contribution in [0.3, 0.4) is 0 Å². The molecule has 0 saturated heterocycles. The van der Waals surface area contributed by atoms with Gasteiger partial charge in [-0.05, 0) is 95.8 Å². The molecule has 10 heteroatoms. The predicted molar refractivity (Wildman–Crippen MR) is 132 cm³/mol. The molecule has 5 rings (SSSR count). The molecule has 1 aromatic carbocycles. The van der Waals surface area contributed by atoms with Gasteiger partial charge in [0.05, 0.1) is 0 Å². The summed E-state index contributed by atoms with van der Waals surface area (Å²) in [5.41, 5.74) is -3.26. The average molecular weight is 575 g/mol. The normalized spacial score (nSPS) is 31.9. The highest BCUT2D eigenvalue weighted by molar-refractivity contribution is 9.10. The molecule has 0 heterocycles. The quantitative estimate of drug-likeness (QED) is 0.445. The van der Waals surface area contributed by atoms with Crippen molar-refractivity contribution >= 4 is 33.6 Å². The number of ether oxygens (including phenoxy) is 1. The van der Waals surface area contributed by atoms with Gasteiger partial charge < -0.3 is 20.1 Å². The van der Waals surface area contributed by atoms with Crippen molar-refractivity contribution in [1.29, 1.82) is 0 Å². The molecule has 4 aliphatic rings. The fourth-order valence-corrected chi connectivity index (χ4v) is 6.25. The summed E-state index contributed by atoms with van der Waals surface area (Å²) >= 11 is 3.43. The number of halogens is 4. The van der Waals surface area contributed by atoms with Crippen molar-refractivity contribution in [3.8, 4) is 0 Å². The third-order valence-electron chi connectivity index (χ3n) is 8.09. The number of amides is 2. The molecular formula is C26H34BrF3N2O4. The van der Waals surface area contributed by atoms with Gasteiger partial charge in [0.1, 0.15) is 5.60 Å². The number of aliphatic hydroxyl groups is 1. The topological polar surface area (TPSA) is 78.9 Å². The standard InChI is InChI=1S/C26H34BrF3N2O4/c1-22(2,3)36-21(34)31-24-10-7-23(8-11-24,9-12-24)16-32(19-6-4-5-18(27)13-19)20(33)17-14-25(35,15-17)26(28,29)30/h4-6,13,17,35H,7-12,14-16H2,1-3H3,(H,31,34)/t17-,23?,24?,25+. The molecule has 4 aliphatic carbocycles. The molecule has 0 aliphatic heterocycles. The van der Waals surface area contributed by atoms with Crippen LogP contribution < -0.4 is 10.2 Å². The van der Waals surface area contributed by atoms with Crippen molar-refractivity contribution in [2.45, 2.75) is 95.1 Å². The Kier molecular flexibility index (Phi) is 6.95. The van der Waals surface area contributed by atoms with Crippen molar-refractivity contribution in [2.75, 3.05) is 11.4 Å². The zero-order valence-electron chi connectivity index (χ0n) is 20.9. The number of alkyl carbamates (subject to hydrolysis) is 1. The summed E-state index contributed by atoms with van der Waals surface area (Å²) in [4.78, 5) is 27.5. The van der Waals surface area contributed by atoms with E-state index in [2.05, 4.69) is 21.2 Å². The van der Waals surface area contributed by atoms with E-state index in [0.29, 0.717) is 12.2 Å². The monoisotopic (exact) mass is 574 g/mol. The Balaban J connectivity index is 1.48. The van der Waals surface area contributed by atoms with E-state index in [-0.39, 0.29) is 16.9 Å². The number of nitrogens with zero attached hydrogens (tertiary/aromatic N) is 1. The largest absolute Gasteiger partial charge is 0.444 e. The van der Waals surface area contributed by atoms with Gasteiger partial charge in [0, 0.05) is 28.2 Å². The van der Waals surface area contributed by atoms with Crippen LogP contribution in [0.2, 0.25) is 0 Å². The van der Waals surface area contributed by atoms with Crippen molar-refractivity contribution in [3.63, 3.8) is 0 Å². The maximum absolute atomic E-state index is 13.5. The van der Waals surface area contributed by atoms with Crippen LogP contribution >= 0.6 is 15.9 Å². The summed E-state index contributed by atoms with van der Waals surface area (Å²) in [7, 11) is 0. The first-order valence-corrected chi connectivity index (χ1v) is 13.2. The van der Waals surface area contributed by atoms with Crippen molar-refractivity contribution < 1.29 is 32.6 Å². The lowest BCUT2D eigenvalue weighted by Gasteiger charge is -2.55. The van der Waals surface area contributed by atoms with Crippen LogP contribution in [0.1, 0.15) is 72.1 Å². The molecule has 4 fully saturated rings. The Hall–Kier alpha value is -1.81. The zero-order chi connectivity index (χ0) is 26.6. The predicted octanol–water partition coefficient (Wildman–Crippen LogP) is 6.10. The Labute approximate surface area is 218 Å². The molecule has 1 aromatic rings. The molecule has 0 unspecified atom stereocenters. The second-order valence-electron chi connectivity index (χ2n) is 11.9. The maximum Gasteiger partial charge on any atom is 0.417 e. The van der Waals surface area contributed by atoms with Gasteiger partial charge in [-0.2, -0.15) is 13.2 Å². The first-order valence-electron chi connectivity index (χ1n) is 12.4. The Bertz CT molecular complexity index is 993. The third-order valence-corrected chi connectivity index (χ3v) is 8.59. The lowest BCUT2D eigenvalue weighted by molar-refractivity contribution is -0.295. The van der Waals surface area contributed by atoms with Crippen LogP contribution in [0.25, 0.3) is 0 Å². The van der Waals surface area contributed by atoms with Gasteiger partial charge >= 0.3 is 12.3 Å². The van der Waals surface area contributed by atoms with Crippen LogP contribution in [0.15, 0.2) is 28.7 Å². The number of benzene rings is 1. The molecule has 0 spiro atoms. The highest BCUT2D eigenvalue weighted by Gasteiger charge is 2.63. The van der Waals surface area contributed by atoms with E-state index in [9.17, 15) is 27.9 Å². The number of fused-ring (bicyclic) bond motifs is 3. The summed E-state index contributed by atoms with van der Waals surface area (Å²) in [5, 5.41) is 13.0. The lowest BCUT2D eigenvalue weighted by Crippen LogP contribution is -2.61. The van der Waals surface area contributed by atoms with Gasteiger partial charge in [0.15, 0.2) is 5.60 Å². The smallest absolute Gasteiger partial charge is 0.417 e. The first-order chi connectivity index (χ1) is 16.5. The van der Waals surface area contributed by atoms with Crippen molar-refractivity contribution in [1.82, 2.24) is 5.32 Å². The summed E-state index contributed by atoms with van der Waals surface area (Å²) in [6.45, 7) is 5.86. The molecule has 0 radical (unpaired) electrons. The van der Waals surface area contributed by atoms with Crippen LogP contribution in [0, 0.1) is 11.3 Å². The fraction of sp³-hybridized carbons (Fsp3) is 0.692. The minimum atomic E-state index is -4.75. The van der Waals surface area contributed by atoms with Crippen molar-refractivity contribution in [2.24, 2.45) is 11.3 Å². The Morgan fingerprint density at radius 2 is 1.69 bits per heavy atom. The molecule has 36 heavy (non-hydrogen) atoms. The minimum absolute atomic E-state index is 0.181. The lowest BCUT2D eigenvalue weighted by atomic mass is 9.57. The number of nitrogens with one attached hydrogen (secondary N) is 1. The van der Waals surface area contributed by atoms with E-state index in [1.165, 1.54) is 0 Å². The molecular weight excluding hydrogens is 541 g/mol. The molecule has 2 amide bonds. The number of carbonyl (C=O) groups is 2. The van der Waals surface area contributed by atoms with E-state index in [1.807, 2.05) is 26.8 Å². The molecule has 0 aromatic heterocycles. The molecule has 4 saturated carbocycles. The van der Waals surface area contributed by atoms with Gasteiger partial charge in [-0.3, -0.25) is 4.79 Å². The molecule has 2 bridgehead atoms. The number of hydrogen-bond acceptors (Lipinski definition) is 4. The minimum Gasteiger partial charge on any atom is -0.444 e. The second kappa shape index (κ2) is 9.19. The van der Waals surface area contributed by atoms with Crippen LogP contribution in [-0.4, -0.2) is 46.6 Å². The van der Waals surface area contributed by atoms with Crippen molar-refractivity contribution in [3.05, 3.63) is 28.7 Å². The number of carbonyl (C=O) groups excluding carboxylic acids is 2. The Morgan fingerprint density at radius 3 is 2.19 bits per heavy atom. The van der Waals surface area contributed by atoms with Gasteiger partial charge in [-0.25, -0.2) is 4.79 Å². The number of anilines is 1. The van der Waals surface area contributed by atoms with Gasteiger partial charge in [0.25, 0.3) is 0 Å². The van der Waals surface area contributed by atoms with E-state index in [0.717, 1.165) is 43.0 Å². The van der Waals surface area contributed by atoms with Gasteiger partial charge in [0.2, 0.25) is 5.91 Å². The van der Waals surface area contributed by atoms with E-state index in [1.54, 1.807) is 23.1 Å². The average Bonchev–Trinajstić information content (AvgIpc) is 2.74. The second-order valence-corrected chi connectivity index (χ2v) is 12.9. The van der Waals surface area contributed by atoms with Gasteiger partial charge in [-0.1, -0.05) is 22.0 Å². The molecule has 2 N–H and O–H groups in total. The molecule has 6 nitrogen and oxygen atoms in total. The number of hydrogen-bond donors (Lipinski definition) is 2. The van der Waals surface area contributed by atoms with E-state index in [4.69, 9.17) is 4.74 Å².